The van der Waals surface area contributed by atoms with Crippen molar-refractivity contribution in [2.24, 2.45) is 0 Å². The molecule has 0 unspecified atom stereocenters. The van der Waals surface area contributed by atoms with Gasteiger partial charge in [-0.05, 0) is 42.7 Å². The molecule has 2 amide bonds. The highest BCUT2D eigenvalue weighted by molar-refractivity contribution is 5.99. The second kappa shape index (κ2) is 8.27. The number of anilines is 2. The number of benzene rings is 2. The second-order valence-electron chi connectivity index (χ2n) is 8.15. The number of hydrogen-bond donors (Lipinski definition) is 1. The van der Waals surface area contributed by atoms with Crippen LogP contribution in [0, 0.1) is 0 Å². The van der Waals surface area contributed by atoms with Gasteiger partial charge in [-0.25, -0.2) is 0 Å². The van der Waals surface area contributed by atoms with E-state index in [0.717, 1.165) is 68.8 Å². The Labute approximate surface area is 172 Å². The van der Waals surface area contributed by atoms with Gasteiger partial charge < -0.3 is 15.1 Å². The van der Waals surface area contributed by atoms with Crippen LogP contribution in [0.15, 0.2) is 54.6 Å². The number of amides is 2. The maximum atomic E-state index is 13.3. The molecule has 5 nitrogen and oxygen atoms in total. The molecule has 5 heteroatoms. The highest BCUT2D eigenvalue weighted by Crippen LogP contribution is 2.42. The number of nitrogens with zero attached hydrogens (tertiary/aromatic N) is 2. The first kappa shape index (κ1) is 19.5. The minimum absolute atomic E-state index is 0.101. The minimum Gasteiger partial charge on any atom is -0.368 e. The molecule has 1 heterocycles. The quantitative estimate of drug-likeness (QED) is 0.862. The molecule has 29 heavy (non-hydrogen) atoms. The summed E-state index contributed by atoms with van der Waals surface area (Å²) >= 11 is 0. The Kier molecular flexibility index (Phi) is 5.56. The van der Waals surface area contributed by atoms with Crippen LogP contribution in [0.1, 0.15) is 38.2 Å². The van der Waals surface area contributed by atoms with Crippen molar-refractivity contribution in [3.63, 3.8) is 0 Å². The van der Waals surface area contributed by atoms with Gasteiger partial charge >= 0.3 is 0 Å². The summed E-state index contributed by atoms with van der Waals surface area (Å²) < 4.78 is 0. The smallest absolute Gasteiger partial charge is 0.235 e. The molecule has 0 bridgehead atoms. The van der Waals surface area contributed by atoms with Crippen molar-refractivity contribution in [1.29, 1.82) is 0 Å². The third-order valence-corrected chi connectivity index (χ3v) is 6.43. The van der Waals surface area contributed by atoms with Crippen molar-refractivity contribution < 1.29 is 9.59 Å². The number of hydrogen-bond acceptors (Lipinski definition) is 3. The van der Waals surface area contributed by atoms with Crippen LogP contribution in [0.25, 0.3) is 0 Å². The number of carbonyl (C=O) groups excluding carboxylic acids is 2. The molecule has 4 rings (SSSR count). The molecular formula is C24H29N3O2. The van der Waals surface area contributed by atoms with Crippen molar-refractivity contribution in [2.75, 3.05) is 36.4 Å². The summed E-state index contributed by atoms with van der Waals surface area (Å²) in [7, 11) is 0. The molecule has 1 saturated heterocycles. The molecular weight excluding hydrogens is 362 g/mol. The fraction of sp³-hybridized carbons (Fsp3) is 0.417. The van der Waals surface area contributed by atoms with Gasteiger partial charge in [-0.2, -0.15) is 0 Å². The number of rotatable bonds is 4. The zero-order valence-electron chi connectivity index (χ0n) is 17.1. The molecule has 152 valence electrons. The van der Waals surface area contributed by atoms with Crippen LogP contribution in [-0.4, -0.2) is 42.9 Å². The lowest BCUT2D eigenvalue weighted by Gasteiger charge is -2.35. The van der Waals surface area contributed by atoms with Crippen molar-refractivity contribution in [3.05, 3.63) is 60.2 Å². The Morgan fingerprint density at radius 3 is 2.07 bits per heavy atom. The summed E-state index contributed by atoms with van der Waals surface area (Å²) in [6.45, 7) is 4.81. The largest absolute Gasteiger partial charge is 0.368 e. The average molecular weight is 392 g/mol. The van der Waals surface area contributed by atoms with Crippen molar-refractivity contribution in [1.82, 2.24) is 4.90 Å². The van der Waals surface area contributed by atoms with E-state index in [1.165, 1.54) is 0 Å². The summed E-state index contributed by atoms with van der Waals surface area (Å²) in [4.78, 5) is 28.9. The zero-order chi connectivity index (χ0) is 20.3. The van der Waals surface area contributed by atoms with Crippen LogP contribution >= 0.6 is 0 Å². The number of nitrogens with one attached hydrogen (secondary N) is 1. The van der Waals surface area contributed by atoms with E-state index in [1.807, 2.05) is 35.2 Å². The van der Waals surface area contributed by atoms with Gasteiger partial charge in [0.1, 0.15) is 0 Å². The van der Waals surface area contributed by atoms with E-state index in [-0.39, 0.29) is 11.8 Å². The first-order chi connectivity index (χ1) is 14.1. The molecule has 0 aromatic heterocycles. The molecule has 2 aliphatic rings. The summed E-state index contributed by atoms with van der Waals surface area (Å²) in [5.41, 5.74) is 2.67. The summed E-state index contributed by atoms with van der Waals surface area (Å²) in [6, 6.07) is 18.3. The first-order valence-corrected chi connectivity index (χ1v) is 10.6. The Hall–Kier alpha value is -2.82. The fourth-order valence-corrected chi connectivity index (χ4v) is 4.67. The van der Waals surface area contributed by atoms with Crippen LogP contribution in [0.5, 0.6) is 0 Å². The van der Waals surface area contributed by atoms with E-state index in [9.17, 15) is 9.59 Å². The summed E-state index contributed by atoms with van der Waals surface area (Å²) in [5.74, 6) is 0.242. The highest BCUT2D eigenvalue weighted by Gasteiger charge is 2.42. The van der Waals surface area contributed by atoms with E-state index >= 15 is 0 Å². The maximum Gasteiger partial charge on any atom is 0.235 e. The number of carbonyl (C=O) groups is 2. The zero-order valence-corrected chi connectivity index (χ0v) is 17.1. The molecule has 0 atom stereocenters. The standard InChI is InChI=1S/C24H29N3O2/c1-19(28)26-15-17-27(18-16-26)22-11-9-21(10-12-22)25-23(29)24(13-5-6-14-24)20-7-3-2-4-8-20/h2-4,7-12H,5-6,13-18H2,1H3,(H,25,29). The Balaban J connectivity index is 1.43. The Morgan fingerprint density at radius 2 is 1.48 bits per heavy atom. The maximum absolute atomic E-state index is 13.3. The molecule has 0 radical (unpaired) electrons. The molecule has 1 aliphatic heterocycles. The van der Waals surface area contributed by atoms with E-state index in [0.29, 0.717) is 0 Å². The average Bonchev–Trinajstić information content (AvgIpc) is 3.26. The van der Waals surface area contributed by atoms with Crippen LogP contribution in [0.3, 0.4) is 0 Å². The first-order valence-electron chi connectivity index (χ1n) is 10.6. The predicted octanol–water partition coefficient (Wildman–Crippen LogP) is 3.81. The van der Waals surface area contributed by atoms with Crippen LogP contribution in [-0.2, 0) is 15.0 Å². The lowest BCUT2D eigenvalue weighted by molar-refractivity contribution is -0.129. The monoisotopic (exact) mass is 391 g/mol. The van der Waals surface area contributed by atoms with E-state index in [4.69, 9.17) is 0 Å². The van der Waals surface area contributed by atoms with Crippen molar-refractivity contribution in [2.45, 2.75) is 38.0 Å². The van der Waals surface area contributed by atoms with Gasteiger partial charge in [0.05, 0.1) is 5.41 Å². The predicted molar refractivity (Wildman–Crippen MR) is 116 cm³/mol. The van der Waals surface area contributed by atoms with Gasteiger partial charge in [0, 0.05) is 44.5 Å². The molecule has 1 saturated carbocycles. The normalized spacial score (nSPS) is 18.5. The van der Waals surface area contributed by atoms with Gasteiger partial charge in [-0.3, -0.25) is 9.59 Å². The van der Waals surface area contributed by atoms with Crippen LogP contribution in [0.2, 0.25) is 0 Å². The van der Waals surface area contributed by atoms with E-state index < -0.39 is 5.41 Å². The molecule has 2 aromatic carbocycles. The SMILES string of the molecule is CC(=O)N1CCN(c2ccc(NC(=O)C3(c4ccccc4)CCCC3)cc2)CC1. The minimum atomic E-state index is -0.414. The lowest BCUT2D eigenvalue weighted by atomic mass is 9.78. The molecule has 1 N–H and O–H groups in total. The number of piperazine rings is 1. The van der Waals surface area contributed by atoms with Gasteiger partial charge in [-0.15, -0.1) is 0 Å². The van der Waals surface area contributed by atoms with Crippen molar-refractivity contribution >= 4 is 23.2 Å². The van der Waals surface area contributed by atoms with Gasteiger partial charge in [-0.1, -0.05) is 43.2 Å². The fourth-order valence-electron chi connectivity index (χ4n) is 4.67. The van der Waals surface area contributed by atoms with Gasteiger partial charge in [0.2, 0.25) is 11.8 Å². The van der Waals surface area contributed by atoms with Crippen molar-refractivity contribution in [3.8, 4) is 0 Å². The molecule has 1 aliphatic carbocycles. The van der Waals surface area contributed by atoms with Gasteiger partial charge in [0.15, 0.2) is 0 Å². The topological polar surface area (TPSA) is 52.7 Å². The highest BCUT2D eigenvalue weighted by atomic mass is 16.2. The molecule has 0 spiro atoms. The molecule has 2 fully saturated rings. The Bertz CT molecular complexity index is 849. The molecule has 2 aromatic rings. The third-order valence-electron chi connectivity index (χ3n) is 6.43. The Morgan fingerprint density at radius 1 is 0.862 bits per heavy atom. The summed E-state index contributed by atoms with van der Waals surface area (Å²) in [5, 5.41) is 3.16. The lowest BCUT2D eigenvalue weighted by Crippen LogP contribution is -2.48. The van der Waals surface area contributed by atoms with Gasteiger partial charge in [0.25, 0.3) is 0 Å². The second-order valence-corrected chi connectivity index (χ2v) is 8.15. The van der Waals surface area contributed by atoms with E-state index in [2.05, 4.69) is 34.5 Å². The van der Waals surface area contributed by atoms with Crippen LogP contribution in [0.4, 0.5) is 11.4 Å². The van der Waals surface area contributed by atoms with Crippen LogP contribution < -0.4 is 10.2 Å². The summed E-state index contributed by atoms with van der Waals surface area (Å²) in [6.07, 6.45) is 3.99. The third kappa shape index (κ3) is 4.00. The van der Waals surface area contributed by atoms with E-state index in [1.54, 1.807) is 6.92 Å².